The van der Waals surface area contributed by atoms with Gasteiger partial charge in [-0.15, -0.1) is 0 Å². The molecule has 0 saturated carbocycles. The van der Waals surface area contributed by atoms with Crippen LogP contribution >= 0.6 is 0 Å². The maximum atomic E-state index is 12.8. The molecule has 2 aromatic heterocycles. The second kappa shape index (κ2) is 4.18. The lowest BCUT2D eigenvalue weighted by molar-refractivity contribution is 0.673. The molecular weight excluding hydrogens is 272 g/mol. The number of fused-ring (bicyclic) bond motifs is 1. The van der Waals surface area contributed by atoms with E-state index in [1.807, 2.05) is 0 Å². The van der Waals surface area contributed by atoms with Crippen LogP contribution in [0.4, 0.5) is 0 Å². The Hall–Kier alpha value is -1.63. The summed E-state index contributed by atoms with van der Waals surface area (Å²) in [6.45, 7) is 10.4. The topological polar surface area (TPSA) is 61.8 Å². The summed E-state index contributed by atoms with van der Waals surface area (Å²) in [6, 6.07) is 0. The van der Waals surface area contributed by atoms with Crippen molar-refractivity contribution < 1.29 is 0 Å². The molecule has 0 aliphatic heterocycles. The first-order chi connectivity index (χ1) is 9.00. The maximum Gasteiger partial charge on any atom is 0.324 e. The van der Waals surface area contributed by atoms with Crippen molar-refractivity contribution in [2.24, 2.45) is 14.1 Å². The summed E-state index contributed by atoms with van der Waals surface area (Å²) in [5.74, 6) is 0. The number of aromatic nitrogens is 4. The number of rotatable bonds is 1. The molecule has 0 aliphatic rings. The highest BCUT2D eigenvalue weighted by Crippen LogP contribution is 2.35. The molecule has 0 atom stereocenters. The molecule has 0 radical (unpaired) electrons. The molecule has 2 heterocycles. The average Bonchev–Trinajstić information content (AvgIpc) is 2.67. The molecular formula is C13H22N4O2Si. The number of aryl methyl sites for hydroxylation is 2. The molecule has 0 amide bonds. The van der Waals surface area contributed by atoms with Gasteiger partial charge in [0.25, 0.3) is 5.56 Å². The third kappa shape index (κ3) is 1.80. The van der Waals surface area contributed by atoms with Gasteiger partial charge in [-0.05, 0) is 5.04 Å². The number of imidazole rings is 1. The lowest BCUT2D eigenvalue weighted by atomic mass is 10.2. The Labute approximate surface area is 118 Å². The van der Waals surface area contributed by atoms with Gasteiger partial charge in [0.15, 0.2) is 19.4 Å². The van der Waals surface area contributed by atoms with Gasteiger partial charge in [0.1, 0.15) is 0 Å². The molecule has 0 saturated heterocycles. The van der Waals surface area contributed by atoms with Gasteiger partial charge in [-0.25, -0.2) is 9.78 Å². The van der Waals surface area contributed by atoms with E-state index in [1.54, 1.807) is 25.0 Å². The Morgan fingerprint density at radius 3 is 2.20 bits per heavy atom. The highest BCUT2D eigenvalue weighted by Gasteiger charge is 2.41. The second-order valence-corrected chi connectivity index (χ2v) is 11.9. The normalized spacial score (nSPS) is 13.2. The van der Waals surface area contributed by atoms with Crippen LogP contribution in [-0.4, -0.2) is 26.6 Å². The first-order valence-corrected chi connectivity index (χ1v) is 9.58. The van der Waals surface area contributed by atoms with Gasteiger partial charge in [-0.2, -0.15) is 0 Å². The van der Waals surface area contributed by atoms with Gasteiger partial charge in [-0.3, -0.25) is 13.6 Å². The largest absolute Gasteiger partial charge is 0.328 e. The molecule has 0 N–H and O–H groups in total. The van der Waals surface area contributed by atoms with Gasteiger partial charge in [0, 0.05) is 14.1 Å². The standard InChI is InChI=1S/C13H22N4O2Si/c1-13(2,3)20(6,7)17-11(18)9-10(14-8-15(9)4)16(5)12(17)19/h8H,1-7H3. The van der Waals surface area contributed by atoms with E-state index in [4.69, 9.17) is 0 Å². The molecule has 0 spiro atoms. The number of nitrogens with zero attached hydrogens (tertiary/aromatic N) is 4. The van der Waals surface area contributed by atoms with E-state index in [2.05, 4.69) is 38.8 Å². The zero-order valence-electron chi connectivity index (χ0n) is 13.2. The third-order valence-corrected chi connectivity index (χ3v) is 9.70. The summed E-state index contributed by atoms with van der Waals surface area (Å²) in [5.41, 5.74) is 0.428. The minimum Gasteiger partial charge on any atom is -0.328 e. The Balaban J connectivity index is 3.03. The summed E-state index contributed by atoms with van der Waals surface area (Å²) in [4.78, 5) is 29.6. The van der Waals surface area contributed by atoms with Crippen molar-refractivity contribution in [3.8, 4) is 0 Å². The van der Waals surface area contributed by atoms with Crippen molar-refractivity contribution in [1.82, 2.24) is 18.4 Å². The molecule has 2 aromatic rings. The van der Waals surface area contributed by atoms with Crippen LogP contribution in [-0.2, 0) is 14.1 Å². The summed E-state index contributed by atoms with van der Waals surface area (Å²) >= 11 is 0. The fourth-order valence-corrected chi connectivity index (χ4v) is 4.08. The summed E-state index contributed by atoms with van der Waals surface area (Å²) < 4.78 is 4.63. The Kier molecular flexibility index (Phi) is 3.09. The first kappa shape index (κ1) is 14.8. The van der Waals surface area contributed by atoms with Crippen LogP contribution in [0.15, 0.2) is 15.9 Å². The lowest BCUT2D eigenvalue weighted by Gasteiger charge is -2.37. The van der Waals surface area contributed by atoms with E-state index in [9.17, 15) is 9.59 Å². The minimum absolute atomic E-state index is 0.102. The van der Waals surface area contributed by atoms with Gasteiger partial charge in [0.2, 0.25) is 0 Å². The van der Waals surface area contributed by atoms with Crippen LogP contribution in [0.1, 0.15) is 20.8 Å². The van der Waals surface area contributed by atoms with Crippen LogP contribution < -0.4 is 11.2 Å². The highest BCUT2D eigenvalue weighted by molar-refractivity contribution is 6.78. The molecule has 6 nitrogen and oxygen atoms in total. The Morgan fingerprint density at radius 2 is 1.70 bits per heavy atom. The van der Waals surface area contributed by atoms with E-state index >= 15 is 0 Å². The summed E-state index contributed by atoms with van der Waals surface area (Å²) in [5, 5.41) is -0.102. The monoisotopic (exact) mass is 294 g/mol. The third-order valence-electron chi connectivity index (χ3n) is 4.51. The molecule has 110 valence electrons. The Morgan fingerprint density at radius 1 is 1.15 bits per heavy atom. The van der Waals surface area contributed by atoms with Crippen molar-refractivity contribution in [3.05, 3.63) is 27.2 Å². The van der Waals surface area contributed by atoms with Crippen LogP contribution in [0.2, 0.25) is 18.1 Å². The maximum absolute atomic E-state index is 12.8. The van der Waals surface area contributed by atoms with Crippen LogP contribution in [0.5, 0.6) is 0 Å². The van der Waals surface area contributed by atoms with Crippen LogP contribution in [0, 0.1) is 0 Å². The van der Waals surface area contributed by atoms with Gasteiger partial charge in [0.05, 0.1) is 6.33 Å². The average molecular weight is 294 g/mol. The van der Waals surface area contributed by atoms with Crippen LogP contribution in [0.25, 0.3) is 11.2 Å². The molecule has 0 fully saturated rings. The quantitative estimate of drug-likeness (QED) is 0.745. The lowest BCUT2D eigenvalue weighted by Crippen LogP contribution is -2.58. The first-order valence-electron chi connectivity index (χ1n) is 6.63. The van der Waals surface area contributed by atoms with Gasteiger partial charge >= 0.3 is 5.69 Å². The van der Waals surface area contributed by atoms with Crippen molar-refractivity contribution in [2.45, 2.75) is 38.9 Å². The zero-order chi connectivity index (χ0) is 15.5. The number of hydrogen-bond acceptors (Lipinski definition) is 3. The van der Waals surface area contributed by atoms with Crippen molar-refractivity contribution >= 4 is 19.4 Å². The molecule has 0 bridgehead atoms. The van der Waals surface area contributed by atoms with E-state index in [-0.39, 0.29) is 16.3 Å². The SMILES string of the molecule is Cn1cnc2c1c(=O)n([Si](C)(C)C(C)(C)C)c(=O)n2C. The van der Waals surface area contributed by atoms with Crippen molar-refractivity contribution in [2.75, 3.05) is 0 Å². The zero-order valence-corrected chi connectivity index (χ0v) is 14.2. The fraction of sp³-hybridized carbons (Fsp3) is 0.615. The highest BCUT2D eigenvalue weighted by atomic mass is 28.3. The molecule has 2 rings (SSSR count). The van der Waals surface area contributed by atoms with Gasteiger partial charge < -0.3 is 4.57 Å². The molecule has 0 aliphatic carbocycles. The second-order valence-electron chi connectivity index (χ2n) is 6.82. The summed E-state index contributed by atoms with van der Waals surface area (Å²) in [7, 11) is 1.16. The van der Waals surface area contributed by atoms with E-state index in [1.165, 1.54) is 8.80 Å². The van der Waals surface area contributed by atoms with Crippen molar-refractivity contribution in [1.29, 1.82) is 0 Å². The predicted molar refractivity (Wildman–Crippen MR) is 82.8 cm³/mol. The number of hydrogen-bond donors (Lipinski definition) is 0. The smallest absolute Gasteiger partial charge is 0.324 e. The van der Waals surface area contributed by atoms with E-state index < -0.39 is 8.24 Å². The van der Waals surface area contributed by atoms with Crippen LogP contribution in [0.3, 0.4) is 0 Å². The van der Waals surface area contributed by atoms with E-state index in [0.29, 0.717) is 11.2 Å². The van der Waals surface area contributed by atoms with E-state index in [0.717, 1.165) is 0 Å². The molecule has 20 heavy (non-hydrogen) atoms. The molecule has 0 aromatic carbocycles. The Bertz CT molecular complexity index is 790. The molecule has 0 unspecified atom stereocenters. The minimum atomic E-state index is -2.29. The fourth-order valence-electron chi connectivity index (χ4n) is 2.17. The summed E-state index contributed by atoms with van der Waals surface area (Å²) in [6.07, 6.45) is 1.57. The molecule has 7 heteroatoms. The van der Waals surface area contributed by atoms with Gasteiger partial charge in [-0.1, -0.05) is 33.9 Å². The van der Waals surface area contributed by atoms with Crippen molar-refractivity contribution in [3.63, 3.8) is 0 Å². The predicted octanol–water partition coefficient (Wildman–Crippen LogP) is 1.29.